The van der Waals surface area contributed by atoms with E-state index in [1.165, 1.54) is 32.4 Å². The van der Waals surface area contributed by atoms with Gasteiger partial charge in [0.15, 0.2) is 0 Å². The van der Waals surface area contributed by atoms with Crippen LogP contribution in [0.1, 0.15) is 73.5 Å². The number of benzene rings is 1. The molecule has 0 unspecified atom stereocenters. The van der Waals surface area contributed by atoms with Crippen LogP contribution in [0.25, 0.3) is 22.0 Å². The maximum atomic E-state index is 14.7. The molecule has 0 radical (unpaired) electrons. The van der Waals surface area contributed by atoms with Gasteiger partial charge in [-0.25, -0.2) is 13.4 Å². The quantitative estimate of drug-likeness (QED) is 0.207. The van der Waals surface area contributed by atoms with Gasteiger partial charge in [0.25, 0.3) is 11.8 Å². The Bertz CT molecular complexity index is 2240. The number of nitrogens with one attached hydrogen (secondary N) is 3. The van der Waals surface area contributed by atoms with Crippen LogP contribution in [-0.4, -0.2) is 93.5 Å². The molecule has 4 aromatic rings. The van der Waals surface area contributed by atoms with Crippen LogP contribution in [0, 0.1) is 5.92 Å². The van der Waals surface area contributed by atoms with Crippen molar-refractivity contribution in [3.05, 3.63) is 70.4 Å². The highest BCUT2D eigenvalue weighted by Gasteiger charge is 2.62. The van der Waals surface area contributed by atoms with Crippen molar-refractivity contribution in [1.29, 1.82) is 0 Å². The first-order valence-corrected chi connectivity index (χ1v) is 22.1. The van der Waals surface area contributed by atoms with Crippen LogP contribution in [0.5, 0.6) is 5.75 Å². The minimum absolute atomic E-state index is 0.0366. The fourth-order valence-corrected chi connectivity index (χ4v) is 10.1. The van der Waals surface area contributed by atoms with Crippen LogP contribution >= 0.6 is 22.7 Å². The van der Waals surface area contributed by atoms with Crippen molar-refractivity contribution in [1.82, 2.24) is 40.2 Å². The maximum absolute atomic E-state index is 14.7. The largest absolute Gasteiger partial charge is 0.497 e. The number of rotatable bonds is 9. The van der Waals surface area contributed by atoms with Crippen molar-refractivity contribution in [3.8, 4) is 27.7 Å². The normalized spacial score (nSPS) is 26.2. The van der Waals surface area contributed by atoms with E-state index in [-0.39, 0.29) is 25.3 Å². The zero-order valence-electron chi connectivity index (χ0n) is 30.6. The molecule has 294 valence electrons. The van der Waals surface area contributed by atoms with Gasteiger partial charge in [-0.05, 0) is 74.2 Å². The SMILES string of the molecule is COc1ccc(-c2nn([C@@H]3C[C@H]4C(=O)N[C@]5(C(=O)NS(=O)(=O)C6CC6)C[C@H]5/C=C/CCCCC[C@@H](NC(=O)c5cccs5)C(=O)N4C3)nc2-c2nccs2)cc1. The molecule has 2 aliphatic carbocycles. The van der Waals surface area contributed by atoms with E-state index < -0.39 is 62.6 Å². The molecule has 4 amide bonds. The summed E-state index contributed by atoms with van der Waals surface area (Å²) in [4.78, 5) is 64.3. The van der Waals surface area contributed by atoms with Gasteiger partial charge >= 0.3 is 0 Å². The number of ether oxygens (including phenoxy) is 1. The number of carbonyl (C=O) groups is 4. The highest BCUT2D eigenvalue weighted by molar-refractivity contribution is 7.91. The molecule has 3 fully saturated rings. The number of methoxy groups -OCH3 is 1. The van der Waals surface area contributed by atoms with E-state index in [2.05, 4.69) is 20.3 Å². The monoisotopic (exact) mass is 818 g/mol. The minimum Gasteiger partial charge on any atom is -0.497 e. The molecule has 2 aliphatic heterocycles. The van der Waals surface area contributed by atoms with Gasteiger partial charge in [0, 0.05) is 36.0 Å². The molecule has 5 atom stereocenters. The molecule has 2 saturated carbocycles. The molecule has 3 aromatic heterocycles. The number of fused-ring (bicyclic) bond motifs is 2. The fraction of sp³-hybridized carbons (Fsp3) is 0.447. The summed E-state index contributed by atoms with van der Waals surface area (Å²) in [5.74, 6) is -1.95. The Labute approximate surface area is 332 Å². The molecule has 0 bridgehead atoms. The molecular weight excluding hydrogens is 777 g/mol. The van der Waals surface area contributed by atoms with Crippen molar-refractivity contribution in [2.24, 2.45) is 5.92 Å². The molecule has 0 spiro atoms. The zero-order chi connectivity index (χ0) is 39.0. The van der Waals surface area contributed by atoms with Crippen molar-refractivity contribution in [2.75, 3.05) is 13.7 Å². The van der Waals surface area contributed by atoms with Crippen molar-refractivity contribution >= 4 is 56.3 Å². The zero-order valence-corrected chi connectivity index (χ0v) is 33.1. The summed E-state index contributed by atoms with van der Waals surface area (Å²) in [6.45, 7) is 0.0366. The molecule has 3 N–H and O–H groups in total. The van der Waals surface area contributed by atoms with Gasteiger partial charge in [-0.1, -0.05) is 31.1 Å². The molecule has 8 rings (SSSR count). The van der Waals surface area contributed by atoms with Gasteiger partial charge in [0.05, 0.1) is 23.3 Å². The number of hydrogen-bond donors (Lipinski definition) is 3. The molecular formula is C38H42N8O7S3. The van der Waals surface area contributed by atoms with Gasteiger partial charge in [-0.3, -0.25) is 23.9 Å². The van der Waals surface area contributed by atoms with E-state index >= 15 is 0 Å². The summed E-state index contributed by atoms with van der Waals surface area (Å²) in [5.41, 5.74) is 0.358. The summed E-state index contributed by atoms with van der Waals surface area (Å²) in [6, 6.07) is 8.24. The van der Waals surface area contributed by atoms with E-state index in [0.717, 1.165) is 18.4 Å². The Morgan fingerprint density at radius 3 is 2.52 bits per heavy atom. The number of aromatic nitrogens is 4. The van der Waals surface area contributed by atoms with Crippen LogP contribution in [-0.2, 0) is 24.4 Å². The average Bonchev–Trinajstić information content (AvgIpc) is 3.74. The summed E-state index contributed by atoms with van der Waals surface area (Å²) in [5, 5.41) is 19.3. The van der Waals surface area contributed by atoms with Crippen LogP contribution < -0.4 is 20.1 Å². The Morgan fingerprint density at radius 2 is 1.80 bits per heavy atom. The van der Waals surface area contributed by atoms with Gasteiger partial charge in [0.1, 0.15) is 39.8 Å². The van der Waals surface area contributed by atoms with E-state index in [1.807, 2.05) is 41.8 Å². The predicted octanol–water partition coefficient (Wildman–Crippen LogP) is 4.08. The number of thiazole rings is 1. The first-order chi connectivity index (χ1) is 27.1. The number of carbonyl (C=O) groups excluding carboxylic acids is 4. The number of allylic oxidation sites excluding steroid dienone is 1. The number of nitrogens with zero attached hydrogens (tertiary/aromatic N) is 5. The number of thiophene rings is 1. The minimum atomic E-state index is -3.90. The van der Waals surface area contributed by atoms with Crippen LogP contribution in [0.15, 0.2) is 65.5 Å². The Hall–Kier alpha value is -4.94. The molecule has 18 heteroatoms. The second-order valence-electron chi connectivity index (χ2n) is 14.7. The van der Waals surface area contributed by atoms with Gasteiger partial charge in [-0.15, -0.1) is 27.8 Å². The first-order valence-electron chi connectivity index (χ1n) is 18.8. The lowest BCUT2D eigenvalue weighted by atomic mass is 10.0. The lowest BCUT2D eigenvalue weighted by molar-refractivity contribution is -0.141. The van der Waals surface area contributed by atoms with E-state index in [0.29, 0.717) is 59.1 Å². The number of hydrogen-bond acceptors (Lipinski definition) is 12. The summed E-state index contributed by atoms with van der Waals surface area (Å²) in [6.07, 6.45) is 10.1. The second-order valence-corrected chi connectivity index (χ2v) is 18.5. The fourth-order valence-electron chi connectivity index (χ4n) is 7.50. The van der Waals surface area contributed by atoms with Crippen molar-refractivity contribution in [3.63, 3.8) is 0 Å². The Balaban J connectivity index is 1.14. The van der Waals surface area contributed by atoms with E-state index in [9.17, 15) is 27.6 Å². The summed E-state index contributed by atoms with van der Waals surface area (Å²) < 4.78 is 33.4. The van der Waals surface area contributed by atoms with E-state index in [4.69, 9.17) is 14.9 Å². The molecule has 1 aromatic carbocycles. The lowest BCUT2D eigenvalue weighted by Crippen LogP contribution is -2.58. The molecule has 4 aliphatic rings. The number of sulfonamides is 1. The van der Waals surface area contributed by atoms with Crippen LogP contribution in [0.4, 0.5) is 0 Å². The van der Waals surface area contributed by atoms with Gasteiger partial charge in [-0.2, -0.15) is 9.90 Å². The second kappa shape index (κ2) is 15.5. The average molecular weight is 819 g/mol. The topological polar surface area (TPSA) is 195 Å². The maximum Gasteiger partial charge on any atom is 0.261 e. The van der Waals surface area contributed by atoms with Crippen molar-refractivity contribution in [2.45, 2.75) is 86.7 Å². The third kappa shape index (κ3) is 7.73. The van der Waals surface area contributed by atoms with Gasteiger partial charge < -0.3 is 20.3 Å². The van der Waals surface area contributed by atoms with E-state index in [1.54, 1.807) is 30.8 Å². The lowest BCUT2D eigenvalue weighted by Gasteiger charge is -2.30. The standard InChI is InChI=1S/C38H42N8O7S3/c1-53-26-13-11-23(12-14-26)31-32(35-39-17-19-55-35)43-46(42-31)25-20-29-33(47)41-38(37(50)44-56(51,52)27-15-16-27)21-24(38)8-5-3-2-4-6-9-28(36(49)45(29)22-25)40-34(48)30-10-7-18-54-30/h5,7-8,10-14,17-19,24-25,27-29H,2-4,6,9,15-16,20-22H2,1H3,(H,40,48)(H,41,47)(H,44,50)/b8-5+/t24-,25-,28-,29+,38-/m1/s1. The highest BCUT2D eigenvalue weighted by Crippen LogP contribution is 2.46. The smallest absolute Gasteiger partial charge is 0.261 e. The molecule has 5 heterocycles. The van der Waals surface area contributed by atoms with Gasteiger partial charge in [0.2, 0.25) is 21.8 Å². The Kier molecular flexibility index (Phi) is 10.5. The molecule has 56 heavy (non-hydrogen) atoms. The predicted molar refractivity (Wildman–Crippen MR) is 209 cm³/mol. The van der Waals surface area contributed by atoms with Crippen molar-refractivity contribution < 1.29 is 32.3 Å². The summed E-state index contributed by atoms with van der Waals surface area (Å²) >= 11 is 2.67. The third-order valence-electron chi connectivity index (χ3n) is 10.9. The van der Waals surface area contributed by atoms with Crippen LogP contribution in [0.3, 0.4) is 0 Å². The Morgan fingerprint density at radius 1 is 1.00 bits per heavy atom. The third-order valence-corrected chi connectivity index (χ3v) is 14.3. The summed E-state index contributed by atoms with van der Waals surface area (Å²) in [7, 11) is -2.31. The number of amides is 4. The first kappa shape index (κ1) is 38.0. The highest BCUT2D eigenvalue weighted by atomic mass is 32.2. The van der Waals surface area contributed by atoms with Crippen LogP contribution in [0.2, 0.25) is 0 Å². The molecule has 1 saturated heterocycles. The molecule has 15 nitrogen and oxygen atoms in total.